The van der Waals surface area contributed by atoms with Crippen LogP contribution in [-0.4, -0.2) is 34.6 Å². The second-order valence-electron chi connectivity index (χ2n) is 6.19. The third-order valence-electron chi connectivity index (χ3n) is 3.98. The van der Waals surface area contributed by atoms with Crippen molar-refractivity contribution in [1.29, 1.82) is 0 Å². The molecule has 1 aromatic carbocycles. The van der Waals surface area contributed by atoms with E-state index in [-0.39, 0.29) is 6.04 Å². The number of alkyl halides is 1. The zero-order valence-corrected chi connectivity index (χ0v) is 16.9. The molecule has 5 nitrogen and oxygen atoms in total. The van der Waals surface area contributed by atoms with E-state index < -0.39 is 6.67 Å². The standard InChI is InChI=1S/C20H27FN4OS/c1-4-15(2)23-14-17(7-6-10-21)13-16(3)22-11-12-26-19-9-5-8-18-20(19)25-27-24-18/h4-9,14,16,22-23H,10-13H2,1-3H3/b7-6+,15-4+,17-14+. The van der Waals surface area contributed by atoms with Crippen LogP contribution >= 0.6 is 11.7 Å². The summed E-state index contributed by atoms with van der Waals surface area (Å²) >= 11 is 1.19. The van der Waals surface area contributed by atoms with Crippen molar-refractivity contribution in [2.75, 3.05) is 19.8 Å². The van der Waals surface area contributed by atoms with Gasteiger partial charge in [0.15, 0.2) is 0 Å². The largest absolute Gasteiger partial charge is 0.490 e. The monoisotopic (exact) mass is 390 g/mol. The highest BCUT2D eigenvalue weighted by molar-refractivity contribution is 7.00. The molecular weight excluding hydrogens is 363 g/mol. The van der Waals surface area contributed by atoms with E-state index in [2.05, 4.69) is 26.3 Å². The van der Waals surface area contributed by atoms with Crippen molar-refractivity contribution in [1.82, 2.24) is 19.4 Å². The van der Waals surface area contributed by atoms with Crippen molar-refractivity contribution in [3.8, 4) is 5.75 Å². The molecule has 1 aromatic heterocycles. The van der Waals surface area contributed by atoms with Gasteiger partial charge in [0.1, 0.15) is 30.1 Å². The molecule has 0 saturated heterocycles. The summed E-state index contributed by atoms with van der Waals surface area (Å²) in [7, 11) is 0. The van der Waals surface area contributed by atoms with Crippen LogP contribution in [0.15, 0.2) is 53.9 Å². The molecule has 0 radical (unpaired) electrons. The second kappa shape index (κ2) is 11.5. The van der Waals surface area contributed by atoms with E-state index in [0.29, 0.717) is 13.2 Å². The Morgan fingerprint density at radius 1 is 1.37 bits per heavy atom. The molecular formula is C20H27FN4OS. The minimum atomic E-state index is -0.466. The number of hydrogen-bond donors (Lipinski definition) is 2. The third-order valence-corrected chi connectivity index (χ3v) is 4.53. The van der Waals surface area contributed by atoms with E-state index in [1.165, 1.54) is 17.8 Å². The Hall–Kier alpha value is -2.25. The van der Waals surface area contributed by atoms with E-state index in [4.69, 9.17) is 4.74 Å². The van der Waals surface area contributed by atoms with Gasteiger partial charge in [0.2, 0.25) is 0 Å². The average Bonchev–Trinajstić information content (AvgIpc) is 3.16. The topological polar surface area (TPSA) is 59.1 Å². The van der Waals surface area contributed by atoms with Crippen molar-refractivity contribution in [2.24, 2.45) is 0 Å². The normalized spacial score (nSPS) is 14.1. The van der Waals surface area contributed by atoms with Gasteiger partial charge < -0.3 is 15.4 Å². The van der Waals surface area contributed by atoms with Crippen molar-refractivity contribution in [3.63, 3.8) is 0 Å². The second-order valence-corrected chi connectivity index (χ2v) is 6.72. The summed E-state index contributed by atoms with van der Waals surface area (Å²) in [5.41, 5.74) is 3.76. The number of aromatic nitrogens is 2. The zero-order valence-electron chi connectivity index (χ0n) is 16.0. The van der Waals surface area contributed by atoms with Crippen LogP contribution < -0.4 is 15.4 Å². The Bertz CT molecular complexity index is 800. The fourth-order valence-corrected chi connectivity index (χ4v) is 2.99. The molecule has 1 unspecified atom stereocenters. The van der Waals surface area contributed by atoms with Gasteiger partial charge in [0.25, 0.3) is 0 Å². The Morgan fingerprint density at radius 3 is 3.00 bits per heavy atom. The fourth-order valence-electron chi connectivity index (χ4n) is 2.45. The predicted octanol–water partition coefficient (Wildman–Crippen LogP) is 4.36. The molecule has 0 amide bonds. The minimum absolute atomic E-state index is 0.230. The summed E-state index contributed by atoms with van der Waals surface area (Å²) in [5.74, 6) is 0.758. The van der Waals surface area contributed by atoms with Crippen molar-refractivity contribution >= 4 is 22.8 Å². The van der Waals surface area contributed by atoms with Gasteiger partial charge in [-0.05, 0) is 44.9 Å². The third kappa shape index (κ3) is 7.11. The molecule has 2 N–H and O–H groups in total. The number of benzene rings is 1. The maximum atomic E-state index is 12.5. The smallest absolute Gasteiger partial charge is 0.148 e. The molecule has 0 saturated carbocycles. The molecule has 2 rings (SSSR count). The van der Waals surface area contributed by atoms with Crippen LogP contribution in [0.4, 0.5) is 4.39 Å². The highest BCUT2D eigenvalue weighted by Crippen LogP contribution is 2.23. The Balaban J connectivity index is 1.80. The lowest BCUT2D eigenvalue weighted by Crippen LogP contribution is -2.30. The molecule has 0 fully saturated rings. The van der Waals surface area contributed by atoms with E-state index in [9.17, 15) is 4.39 Å². The van der Waals surface area contributed by atoms with Gasteiger partial charge in [-0.15, -0.1) is 0 Å². The molecule has 0 aliphatic heterocycles. The average molecular weight is 391 g/mol. The molecule has 1 atom stereocenters. The quantitative estimate of drug-likeness (QED) is 0.441. The summed E-state index contributed by atoms with van der Waals surface area (Å²) in [6, 6.07) is 5.98. The van der Waals surface area contributed by atoms with Crippen LogP contribution in [0.1, 0.15) is 27.2 Å². The number of ether oxygens (including phenoxy) is 1. The summed E-state index contributed by atoms with van der Waals surface area (Å²) < 4.78 is 26.8. The predicted molar refractivity (Wildman–Crippen MR) is 111 cm³/mol. The number of fused-ring (bicyclic) bond motifs is 1. The minimum Gasteiger partial charge on any atom is -0.490 e. The van der Waals surface area contributed by atoms with Gasteiger partial charge in [0, 0.05) is 24.5 Å². The fraction of sp³-hybridized carbons (Fsp3) is 0.400. The molecule has 0 aliphatic rings. The lowest BCUT2D eigenvalue weighted by Gasteiger charge is -2.15. The van der Waals surface area contributed by atoms with E-state index >= 15 is 0 Å². The number of rotatable bonds is 11. The summed E-state index contributed by atoms with van der Waals surface area (Å²) in [6.07, 6.45) is 8.04. The van der Waals surface area contributed by atoms with Gasteiger partial charge in [-0.1, -0.05) is 24.3 Å². The van der Waals surface area contributed by atoms with Gasteiger partial charge in [-0.3, -0.25) is 0 Å². The Labute approximate surface area is 164 Å². The molecule has 0 bridgehead atoms. The first-order valence-electron chi connectivity index (χ1n) is 9.02. The number of hydrogen-bond acceptors (Lipinski definition) is 6. The Kier molecular flexibility index (Phi) is 8.94. The summed E-state index contributed by atoms with van der Waals surface area (Å²) in [6.45, 7) is 6.84. The van der Waals surface area contributed by atoms with Crippen LogP contribution in [0.2, 0.25) is 0 Å². The van der Waals surface area contributed by atoms with Crippen molar-refractivity contribution in [2.45, 2.75) is 33.2 Å². The number of allylic oxidation sites excluding steroid dienone is 4. The summed E-state index contributed by atoms with van der Waals surface area (Å²) in [4.78, 5) is 0. The van der Waals surface area contributed by atoms with E-state index in [0.717, 1.165) is 34.5 Å². The van der Waals surface area contributed by atoms with Gasteiger partial charge in [-0.25, -0.2) is 4.39 Å². The van der Waals surface area contributed by atoms with Gasteiger partial charge in [0.05, 0.1) is 11.7 Å². The first kappa shape index (κ1) is 21.1. The highest BCUT2D eigenvalue weighted by Gasteiger charge is 2.07. The van der Waals surface area contributed by atoms with Crippen LogP contribution in [-0.2, 0) is 0 Å². The molecule has 146 valence electrons. The van der Waals surface area contributed by atoms with Gasteiger partial charge >= 0.3 is 0 Å². The SMILES string of the molecule is C/C=C(\C)N/C=C(\C=C\CF)CC(C)NCCOc1cccc2nsnc12. The molecule has 1 heterocycles. The molecule has 2 aromatic rings. The van der Waals surface area contributed by atoms with Crippen LogP contribution in [0.3, 0.4) is 0 Å². The zero-order chi connectivity index (χ0) is 19.5. The maximum Gasteiger partial charge on any atom is 0.148 e. The lowest BCUT2D eigenvalue weighted by atomic mass is 10.1. The lowest BCUT2D eigenvalue weighted by molar-refractivity contribution is 0.309. The first-order valence-corrected chi connectivity index (χ1v) is 9.75. The molecule has 0 aliphatic carbocycles. The van der Waals surface area contributed by atoms with Crippen molar-refractivity contribution < 1.29 is 9.13 Å². The Morgan fingerprint density at radius 2 is 2.22 bits per heavy atom. The molecule has 7 heteroatoms. The van der Waals surface area contributed by atoms with E-state index in [1.54, 1.807) is 0 Å². The van der Waals surface area contributed by atoms with Crippen molar-refractivity contribution in [3.05, 3.63) is 53.9 Å². The van der Waals surface area contributed by atoms with Crippen LogP contribution in [0, 0.1) is 0 Å². The first-order chi connectivity index (χ1) is 13.1. The van der Waals surface area contributed by atoms with E-state index in [1.807, 2.05) is 50.4 Å². The molecule has 27 heavy (non-hydrogen) atoms. The van der Waals surface area contributed by atoms with Gasteiger partial charge in [-0.2, -0.15) is 8.75 Å². The highest BCUT2D eigenvalue weighted by atomic mass is 32.1. The number of halogens is 1. The number of nitrogens with zero attached hydrogens (tertiary/aromatic N) is 2. The summed E-state index contributed by atoms with van der Waals surface area (Å²) in [5, 5.41) is 6.64. The van der Waals surface area contributed by atoms with Crippen LogP contribution in [0.5, 0.6) is 5.75 Å². The van der Waals surface area contributed by atoms with Crippen LogP contribution in [0.25, 0.3) is 11.0 Å². The maximum absolute atomic E-state index is 12.5. The molecule has 0 spiro atoms. The number of nitrogens with one attached hydrogen (secondary N) is 2.